The van der Waals surface area contributed by atoms with Gasteiger partial charge in [0.15, 0.2) is 0 Å². The number of fused-ring (bicyclic) bond motifs is 1. The van der Waals surface area contributed by atoms with Gasteiger partial charge < -0.3 is 5.32 Å². The monoisotopic (exact) mass is 237 g/mol. The summed E-state index contributed by atoms with van der Waals surface area (Å²) in [6.07, 6.45) is 0.494. The molecular formula is C16H15NO. The predicted molar refractivity (Wildman–Crippen MR) is 72.6 cm³/mol. The average Bonchev–Trinajstić information content (AvgIpc) is 2.39. The molecule has 0 radical (unpaired) electrons. The third-order valence-electron chi connectivity index (χ3n) is 3.72. The second kappa shape index (κ2) is 3.98. The summed E-state index contributed by atoms with van der Waals surface area (Å²) in [5, 5.41) is 2.95. The molecule has 1 unspecified atom stereocenters. The Bertz CT molecular complexity index is 591. The SMILES string of the molecule is CC1(c2ccccc2)CC(=O)Nc2ccccc21. The van der Waals surface area contributed by atoms with Gasteiger partial charge in [0.2, 0.25) is 5.91 Å². The van der Waals surface area contributed by atoms with Crippen molar-refractivity contribution in [1.82, 2.24) is 0 Å². The fourth-order valence-corrected chi connectivity index (χ4v) is 2.75. The molecule has 1 N–H and O–H groups in total. The first kappa shape index (κ1) is 11.0. The molecule has 1 aliphatic heterocycles. The highest BCUT2D eigenvalue weighted by Gasteiger charge is 2.37. The van der Waals surface area contributed by atoms with E-state index in [4.69, 9.17) is 0 Å². The Morgan fingerprint density at radius 1 is 1.00 bits per heavy atom. The van der Waals surface area contributed by atoms with Crippen molar-refractivity contribution in [2.75, 3.05) is 5.32 Å². The molecule has 2 nitrogen and oxygen atoms in total. The lowest BCUT2D eigenvalue weighted by atomic mass is 9.71. The summed E-state index contributed by atoms with van der Waals surface area (Å²) in [5.74, 6) is 0.0834. The lowest BCUT2D eigenvalue weighted by Crippen LogP contribution is -2.35. The highest BCUT2D eigenvalue weighted by molar-refractivity contribution is 5.96. The van der Waals surface area contributed by atoms with Crippen LogP contribution in [0.5, 0.6) is 0 Å². The number of benzene rings is 2. The summed E-state index contributed by atoms with van der Waals surface area (Å²) in [6.45, 7) is 2.14. The maximum Gasteiger partial charge on any atom is 0.225 e. The van der Waals surface area contributed by atoms with Gasteiger partial charge in [0, 0.05) is 17.5 Å². The van der Waals surface area contributed by atoms with E-state index in [1.807, 2.05) is 36.4 Å². The Labute approximate surface area is 107 Å². The van der Waals surface area contributed by atoms with Crippen LogP contribution < -0.4 is 5.32 Å². The lowest BCUT2D eigenvalue weighted by Gasteiger charge is -2.36. The van der Waals surface area contributed by atoms with Gasteiger partial charge in [-0.25, -0.2) is 0 Å². The van der Waals surface area contributed by atoms with Crippen molar-refractivity contribution in [3.05, 3.63) is 65.7 Å². The fourth-order valence-electron chi connectivity index (χ4n) is 2.75. The van der Waals surface area contributed by atoms with Crippen molar-refractivity contribution >= 4 is 11.6 Å². The summed E-state index contributed by atoms with van der Waals surface area (Å²) in [7, 11) is 0. The molecule has 0 spiro atoms. The second-order valence-electron chi connectivity index (χ2n) is 4.97. The number of para-hydroxylation sites is 1. The fraction of sp³-hybridized carbons (Fsp3) is 0.188. The molecule has 0 bridgehead atoms. The molecule has 3 rings (SSSR count). The van der Waals surface area contributed by atoms with Crippen LogP contribution in [-0.4, -0.2) is 5.91 Å². The van der Waals surface area contributed by atoms with Crippen molar-refractivity contribution < 1.29 is 4.79 Å². The van der Waals surface area contributed by atoms with E-state index in [9.17, 15) is 4.79 Å². The van der Waals surface area contributed by atoms with E-state index in [-0.39, 0.29) is 11.3 Å². The normalized spacial score (nSPS) is 22.2. The van der Waals surface area contributed by atoms with Gasteiger partial charge in [-0.1, -0.05) is 55.5 Å². The quantitative estimate of drug-likeness (QED) is 0.809. The topological polar surface area (TPSA) is 29.1 Å². The van der Waals surface area contributed by atoms with Gasteiger partial charge in [-0.2, -0.15) is 0 Å². The van der Waals surface area contributed by atoms with Crippen molar-refractivity contribution in [3.8, 4) is 0 Å². The Morgan fingerprint density at radius 2 is 1.67 bits per heavy atom. The third kappa shape index (κ3) is 1.61. The predicted octanol–water partition coefficient (Wildman–Crippen LogP) is 3.33. The van der Waals surface area contributed by atoms with Crippen LogP contribution in [0.2, 0.25) is 0 Å². The van der Waals surface area contributed by atoms with E-state index in [0.717, 1.165) is 5.69 Å². The number of carbonyl (C=O) groups excluding carboxylic acids is 1. The lowest BCUT2D eigenvalue weighted by molar-refractivity contribution is -0.117. The van der Waals surface area contributed by atoms with Gasteiger partial charge >= 0.3 is 0 Å². The summed E-state index contributed by atoms with van der Waals surface area (Å²) >= 11 is 0. The van der Waals surface area contributed by atoms with E-state index < -0.39 is 0 Å². The minimum absolute atomic E-state index is 0.0834. The van der Waals surface area contributed by atoms with E-state index >= 15 is 0 Å². The zero-order chi connectivity index (χ0) is 12.6. The summed E-state index contributed by atoms with van der Waals surface area (Å²) in [5.41, 5.74) is 3.07. The molecule has 1 amide bonds. The molecule has 18 heavy (non-hydrogen) atoms. The van der Waals surface area contributed by atoms with Crippen molar-refractivity contribution in [1.29, 1.82) is 0 Å². The Kier molecular flexibility index (Phi) is 2.44. The van der Waals surface area contributed by atoms with Gasteiger partial charge in [0.1, 0.15) is 0 Å². The number of carbonyl (C=O) groups is 1. The number of amides is 1. The summed E-state index contributed by atoms with van der Waals surface area (Å²) in [4.78, 5) is 11.9. The molecule has 0 saturated carbocycles. The highest BCUT2D eigenvalue weighted by atomic mass is 16.1. The maximum atomic E-state index is 11.9. The molecule has 0 fully saturated rings. The zero-order valence-electron chi connectivity index (χ0n) is 10.3. The van der Waals surface area contributed by atoms with Crippen LogP contribution in [0.3, 0.4) is 0 Å². The molecule has 90 valence electrons. The smallest absolute Gasteiger partial charge is 0.225 e. The maximum absolute atomic E-state index is 11.9. The van der Waals surface area contributed by atoms with Gasteiger partial charge in [0.05, 0.1) is 0 Å². The molecule has 1 atom stereocenters. The van der Waals surface area contributed by atoms with Crippen LogP contribution in [-0.2, 0) is 10.2 Å². The summed E-state index contributed by atoms with van der Waals surface area (Å²) < 4.78 is 0. The van der Waals surface area contributed by atoms with Crippen molar-refractivity contribution in [3.63, 3.8) is 0 Å². The number of nitrogens with one attached hydrogen (secondary N) is 1. The Hall–Kier alpha value is -2.09. The van der Waals surface area contributed by atoms with Crippen LogP contribution in [0.15, 0.2) is 54.6 Å². The molecule has 2 aromatic carbocycles. The molecule has 1 heterocycles. The van der Waals surface area contributed by atoms with Gasteiger partial charge in [-0.15, -0.1) is 0 Å². The minimum atomic E-state index is -0.236. The minimum Gasteiger partial charge on any atom is -0.326 e. The first-order valence-corrected chi connectivity index (χ1v) is 6.15. The van der Waals surface area contributed by atoms with Crippen LogP contribution >= 0.6 is 0 Å². The molecule has 0 aliphatic carbocycles. The van der Waals surface area contributed by atoms with Crippen molar-refractivity contribution in [2.45, 2.75) is 18.8 Å². The van der Waals surface area contributed by atoms with Crippen LogP contribution in [0.25, 0.3) is 0 Å². The van der Waals surface area contributed by atoms with E-state index in [2.05, 4.69) is 30.4 Å². The zero-order valence-corrected chi connectivity index (χ0v) is 10.3. The van der Waals surface area contributed by atoms with E-state index in [0.29, 0.717) is 6.42 Å². The molecule has 0 saturated heterocycles. The molecule has 2 aromatic rings. The molecule has 2 heteroatoms. The summed E-state index contributed by atoms with van der Waals surface area (Å²) in [6, 6.07) is 18.3. The third-order valence-corrected chi connectivity index (χ3v) is 3.72. The number of hydrogen-bond acceptors (Lipinski definition) is 1. The second-order valence-corrected chi connectivity index (χ2v) is 4.97. The van der Waals surface area contributed by atoms with Gasteiger partial charge in [-0.3, -0.25) is 4.79 Å². The molecule has 1 aliphatic rings. The van der Waals surface area contributed by atoms with Crippen molar-refractivity contribution in [2.24, 2.45) is 0 Å². The van der Waals surface area contributed by atoms with Crippen LogP contribution in [0, 0.1) is 0 Å². The Balaban J connectivity index is 2.21. The Morgan fingerprint density at radius 3 is 2.44 bits per heavy atom. The number of anilines is 1. The van der Waals surface area contributed by atoms with E-state index in [1.165, 1.54) is 11.1 Å². The number of hydrogen-bond donors (Lipinski definition) is 1. The van der Waals surface area contributed by atoms with E-state index in [1.54, 1.807) is 0 Å². The average molecular weight is 237 g/mol. The van der Waals surface area contributed by atoms with Gasteiger partial charge in [0.25, 0.3) is 0 Å². The largest absolute Gasteiger partial charge is 0.326 e. The van der Waals surface area contributed by atoms with Gasteiger partial charge in [-0.05, 0) is 17.2 Å². The first-order chi connectivity index (χ1) is 8.70. The molecule has 0 aromatic heterocycles. The number of rotatable bonds is 1. The van der Waals surface area contributed by atoms with Crippen LogP contribution in [0.4, 0.5) is 5.69 Å². The molecular weight excluding hydrogens is 222 g/mol. The van der Waals surface area contributed by atoms with Crippen LogP contribution in [0.1, 0.15) is 24.5 Å². The highest BCUT2D eigenvalue weighted by Crippen LogP contribution is 2.42. The first-order valence-electron chi connectivity index (χ1n) is 6.15. The standard InChI is InChI=1S/C16H15NO/c1-16(12-7-3-2-4-8-12)11-15(18)17-14-10-6-5-9-13(14)16/h2-10H,11H2,1H3,(H,17,18).